The lowest BCUT2D eigenvalue weighted by atomic mass is 9.94. The second-order valence-corrected chi connectivity index (χ2v) is 6.02. The zero-order chi connectivity index (χ0) is 15.7. The lowest BCUT2D eigenvalue weighted by Gasteiger charge is -2.31. The maximum Gasteiger partial charge on any atom is 0.272 e. The summed E-state index contributed by atoms with van der Waals surface area (Å²) in [6.07, 6.45) is 7.78. The van der Waals surface area contributed by atoms with E-state index in [4.69, 9.17) is 4.74 Å². The third-order valence-corrected chi connectivity index (χ3v) is 4.65. The van der Waals surface area contributed by atoms with Gasteiger partial charge in [0, 0.05) is 19.3 Å². The Kier molecular flexibility index (Phi) is 4.05. The van der Waals surface area contributed by atoms with Crippen LogP contribution in [0.15, 0.2) is 18.3 Å². The minimum atomic E-state index is 0.0464. The number of carbonyl (C=O) groups is 1. The van der Waals surface area contributed by atoms with Gasteiger partial charge in [-0.15, -0.1) is 0 Å². The number of aromatic nitrogens is 2. The summed E-state index contributed by atoms with van der Waals surface area (Å²) < 4.78 is 7.19. The van der Waals surface area contributed by atoms with Gasteiger partial charge in [0.25, 0.3) is 5.91 Å². The monoisotopic (exact) mass is 301 g/mol. The first kappa shape index (κ1) is 14.9. The Labute approximate surface area is 130 Å². The molecule has 0 atom stereocenters. The average Bonchev–Trinajstić information content (AvgIpc) is 2.90. The molecule has 2 aromatic heterocycles. The molecule has 5 heteroatoms. The largest absolute Gasteiger partial charge is 0.493 e. The van der Waals surface area contributed by atoms with Crippen molar-refractivity contribution in [1.82, 2.24) is 14.3 Å². The summed E-state index contributed by atoms with van der Waals surface area (Å²) in [4.78, 5) is 19.4. The number of hydrogen-bond acceptors (Lipinski definition) is 3. The summed E-state index contributed by atoms with van der Waals surface area (Å²) in [5.74, 6) is 0.732. The molecular weight excluding hydrogens is 278 g/mol. The molecular formula is C17H23N3O2. The molecule has 0 bridgehead atoms. The minimum absolute atomic E-state index is 0.0464. The molecule has 2 aromatic rings. The molecule has 5 nitrogen and oxygen atoms in total. The van der Waals surface area contributed by atoms with Gasteiger partial charge in [-0.25, -0.2) is 4.98 Å². The number of hydrogen-bond donors (Lipinski definition) is 0. The molecule has 1 saturated carbocycles. The zero-order valence-corrected chi connectivity index (χ0v) is 13.5. The van der Waals surface area contributed by atoms with Crippen molar-refractivity contribution in [3.63, 3.8) is 0 Å². The minimum Gasteiger partial charge on any atom is -0.493 e. The Morgan fingerprint density at radius 1 is 1.36 bits per heavy atom. The highest BCUT2D eigenvalue weighted by Gasteiger charge is 2.27. The van der Waals surface area contributed by atoms with Crippen molar-refractivity contribution in [2.45, 2.75) is 45.1 Å². The van der Waals surface area contributed by atoms with Gasteiger partial charge in [0.05, 0.1) is 12.8 Å². The van der Waals surface area contributed by atoms with Gasteiger partial charge in [-0.3, -0.25) is 9.20 Å². The van der Waals surface area contributed by atoms with E-state index >= 15 is 0 Å². The van der Waals surface area contributed by atoms with Crippen LogP contribution in [0.1, 0.15) is 48.3 Å². The van der Waals surface area contributed by atoms with Gasteiger partial charge in [-0.05, 0) is 31.9 Å². The van der Waals surface area contributed by atoms with Crippen molar-refractivity contribution in [1.29, 1.82) is 0 Å². The number of carbonyl (C=O) groups excluding carboxylic acids is 1. The number of pyridine rings is 1. The third kappa shape index (κ3) is 2.45. The molecule has 0 spiro atoms. The van der Waals surface area contributed by atoms with Crippen LogP contribution in [-0.2, 0) is 0 Å². The number of methoxy groups -OCH3 is 1. The summed E-state index contributed by atoms with van der Waals surface area (Å²) in [7, 11) is 3.53. The fraction of sp³-hybridized carbons (Fsp3) is 0.529. The molecule has 0 aromatic carbocycles. The predicted molar refractivity (Wildman–Crippen MR) is 85.4 cm³/mol. The van der Waals surface area contributed by atoms with Crippen LogP contribution in [-0.4, -0.2) is 40.4 Å². The molecule has 1 aliphatic carbocycles. The van der Waals surface area contributed by atoms with Gasteiger partial charge in [0.2, 0.25) is 0 Å². The first-order valence-electron chi connectivity index (χ1n) is 7.92. The first-order chi connectivity index (χ1) is 10.6. The Morgan fingerprint density at radius 3 is 2.77 bits per heavy atom. The number of aryl methyl sites for hydroxylation is 1. The van der Waals surface area contributed by atoms with Crippen molar-refractivity contribution >= 4 is 11.6 Å². The van der Waals surface area contributed by atoms with Crippen molar-refractivity contribution in [2.24, 2.45) is 0 Å². The summed E-state index contributed by atoms with van der Waals surface area (Å²) in [6.45, 7) is 1.88. The van der Waals surface area contributed by atoms with Gasteiger partial charge in [0.15, 0.2) is 11.4 Å². The van der Waals surface area contributed by atoms with E-state index in [-0.39, 0.29) is 5.91 Å². The van der Waals surface area contributed by atoms with Crippen molar-refractivity contribution in [3.8, 4) is 5.75 Å². The summed E-state index contributed by atoms with van der Waals surface area (Å²) in [6, 6.07) is 4.09. The molecule has 1 amide bonds. The number of rotatable bonds is 3. The number of nitrogens with zero attached hydrogens (tertiary/aromatic N) is 3. The number of ether oxygens (including phenoxy) is 1. The number of imidazole rings is 1. The topological polar surface area (TPSA) is 46.8 Å². The lowest BCUT2D eigenvalue weighted by Crippen LogP contribution is -2.39. The van der Waals surface area contributed by atoms with Crippen LogP contribution in [0.25, 0.3) is 5.65 Å². The zero-order valence-electron chi connectivity index (χ0n) is 13.5. The molecule has 1 fully saturated rings. The van der Waals surface area contributed by atoms with E-state index in [1.807, 2.05) is 41.6 Å². The molecule has 22 heavy (non-hydrogen) atoms. The van der Waals surface area contributed by atoms with E-state index in [2.05, 4.69) is 4.98 Å². The maximum atomic E-state index is 13.0. The van der Waals surface area contributed by atoms with E-state index in [1.54, 1.807) is 7.11 Å². The van der Waals surface area contributed by atoms with Crippen LogP contribution in [0, 0.1) is 6.92 Å². The highest BCUT2D eigenvalue weighted by atomic mass is 16.5. The Morgan fingerprint density at radius 2 is 2.09 bits per heavy atom. The molecule has 0 N–H and O–H groups in total. The van der Waals surface area contributed by atoms with E-state index in [0.717, 1.165) is 18.5 Å². The van der Waals surface area contributed by atoms with Crippen LogP contribution in [0.5, 0.6) is 5.75 Å². The smallest absolute Gasteiger partial charge is 0.272 e. The average molecular weight is 301 g/mol. The first-order valence-corrected chi connectivity index (χ1v) is 7.92. The van der Waals surface area contributed by atoms with Crippen molar-refractivity contribution in [2.75, 3.05) is 14.2 Å². The fourth-order valence-electron chi connectivity index (χ4n) is 3.37. The third-order valence-electron chi connectivity index (χ3n) is 4.65. The molecule has 0 radical (unpaired) electrons. The maximum absolute atomic E-state index is 13.0. The van der Waals surface area contributed by atoms with E-state index in [1.165, 1.54) is 19.3 Å². The Bertz CT molecular complexity index is 687. The molecule has 0 saturated heterocycles. The van der Waals surface area contributed by atoms with Gasteiger partial charge >= 0.3 is 0 Å². The predicted octanol–water partition coefficient (Wildman–Crippen LogP) is 3.06. The van der Waals surface area contributed by atoms with Crippen molar-refractivity contribution in [3.05, 3.63) is 29.7 Å². The quantitative estimate of drug-likeness (QED) is 0.875. The second kappa shape index (κ2) is 5.99. The van der Waals surface area contributed by atoms with Crippen LogP contribution in [0.4, 0.5) is 0 Å². The molecule has 0 unspecified atom stereocenters. The summed E-state index contributed by atoms with van der Waals surface area (Å²) >= 11 is 0. The van der Waals surface area contributed by atoms with Gasteiger partial charge in [0.1, 0.15) is 5.69 Å². The highest BCUT2D eigenvalue weighted by Crippen LogP contribution is 2.26. The molecule has 1 aliphatic rings. The van der Waals surface area contributed by atoms with E-state index < -0.39 is 0 Å². The molecule has 118 valence electrons. The summed E-state index contributed by atoms with van der Waals surface area (Å²) in [5.41, 5.74) is 2.09. The lowest BCUT2D eigenvalue weighted by molar-refractivity contribution is 0.0688. The molecule has 0 aliphatic heterocycles. The highest BCUT2D eigenvalue weighted by molar-refractivity contribution is 5.95. The standard InChI is InChI=1S/C17H23N3O2/c1-12-15(17(21)19(2)13-8-5-4-6-9-13)20-11-7-10-14(22-3)16(20)18-12/h7,10-11,13H,4-6,8-9H2,1-3H3. The Balaban J connectivity index is 1.98. The van der Waals surface area contributed by atoms with Crippen LogP contribution >= 0.6 is 0 Å². The van der Waals surface area contributed by atoms with Crippen molar-refractivity contribution < 1.29 is 9.53 Å². The molecule has 3 rings (SSSR count). The number of fused-ring (bicyclic) bond motifs is 1. The normalized spacial score (nSPS) is 16.0. The number of amides is 1. The van der Waals surface area contributed by atoms with Gasteiger partial charge in [-0.2, -0.15) is 0 Å². The van der Waals surface area contributed by atoms with Crippen LogP contribution in [0.2, 0.25) is 0 Å². The van der Waals surface area contributed by atoms with Crippen LogP contribution < -0.4 is 4.74 Å². The Hall–Kier alpha value is -2.04. The summed E-state index contributed by atoms with van der Waals surface area (Å²) in [5, 5.41) is 0. The molecule has 2 heterocycles. The SMILES string of the molecule is COc1cccn2c(C(=O)N(C)C3CCCCC3)c(C)nc12. The second-order valence-electron chi connectivity index (χ2n) is 6.02. The van der Waals surface area contributed by atoms with E-state index in [9.17, 15) is 4.79 Å². The van der Waals surface area contributed by atoms with Gasteiger partial charge in [-0.1, -0.05) is 19.3 Å². The van der Waals surface area contributed by atoms with E-state index in [0.29, 0.717) is 23.1 Å². The fourth-order valence-corrected chi connectivity index (χ4v) is 3.37. The van der Waals surface area contributed by atoms with Crippen LogP contribution in [0.3, 0.4) is 0 Å². The van der Waals surface area contributed by atoms with Gasteiger partial charge < -0.3 is 9.64 Å².